The van der Waals surface area contributed by atoms with Crippen LogP contribution in [0.25, 0.3) is 0 Å². The van der Waals surface area contributed by atoms with Crippen molar-refractivity contribution >= 4 is 26.4 Å². The fourth-order valence-corrected chi connectivity index (χ4v) is 0.697. The lowest BCUT2D eigenvalue weighted by molar-refractivity contribution is -0.118. The molecule has 0 heterocycles. The molecule has 0 radical (unpaired) electrons. The van der Waals surface area contributed by atoms with E-state index in [-0.39, 0.29) is 11.5 Å². The molecule has 0 aromatic rings. The van der Waals surface area contributed by atoms with Gasteiger partial charge in [0.05, 0.1) is 19.5 Å². The molecule has 11 heavy (non-hydrogen) atoms. The minimum Gasteiger partial charge on any atom is -0.322 e. The van der Waals surface area contributed by atoms with Crippen molar-refractivity contribution in [2.45, 2.75) is 25.8 Å². The Hall–Kier alpha value is -0.570. The Bertz CT molecular complexity index is 161. The molecule has 60 valence electrons. The molecule has 0 aromatic carbocycles. The molecule has 0 amide bonds. The number of ketones is 1. The highest BCUT2D eigenvalue weighted by atomic mass is 16.1. The minimum absolute atomic E-state index is 0.0473. The lowest BCUT2D eigenvalue weighted by atomic mass is 9.52. The van der Waals surface area contributed by atoms with Crippen molar-refractivity contribution in [3.05, 3.63) is 0 Å². The number of hydrogen-bond donors (Lipinski definition) is 1. The van der Waals surface area contributed by atoms with Gasteiger partial charge in [-0.2, -0.15) is 0 Å². The molecule has 5 heteroatoms. The molecule has 0 fully saturated rings. The third-order valence-corrected chi connectivity index (χ3v) is 1.65. The number of hydrogen-bond acceptors (Lipinski definition) is 3. The highest BCUT2D eigenvalue weighted by Gasteiger charge is 2.09. The second-order valence-corrected chi connectivity index (χ2v) is 2.65. The molecule has 0 saturated carbocycles. The lowest BCUT2D eigenvalue weighted by Crippen LogP contribution is -2.29. The van der Waals surface area contributed by atoms with Crippen molar-refractivity contribution < 1.29 is 9.59 Å². The van der Waals surface area contributed by atoms with Gasteiger partial charge in [-0.25, -0.2) is 0 Å². The van der Waals surface area contributed by atoms with E-state index in [1.54, 1.807) is 0 Å². The maximum atomic E-state index is 10.8. The highest BCUT2D eigenvalue weighted by Crippen LogP contribution is 1.95. The summed E-state index contributed by atoms with van der Waals surface area (Å²) in [5, 5.41) is 0. The highest BCUT2D eigenvalue weighted by molar-refractivity contribution is 7.08. The molecule has 1 unspecified atom stereocenters. The Kier molecular flexibility index (Phi) is 4.86. The summed E-state index contributed by atoms with van der Waals surface area (Å²) in [5.41, 5.74) is 5.59. The van der Waals surface area contributed by atoms with Crippen molar-refractivity contribution in [3.8, 4) is 0 Å². The van der Waals surface area contributed by atoms with Crippen LogP contribution < -0.4 is 5.73 Å². The molecule has 0 aliphatic rings. The maximum absolute atomic E-state index is 10.8. The summed E-state index contributed by atoms with van der Waals surface area (Å²) in [6.45, 7) is 1.45. The van der Waals surface area contributed by atoms with Crippen molar-refractivity contribution in [2.75, 3.05) is 0 Å². The van der Waals surface area contributed by atoms with E-state index < -0.39 is 6.04 Å². The predicted octanol–water partition coefficient (Wildman–Crippen LogP) is -1.81. The van der Waals surface area contributed by atoms with E-state index in [4.69, 9.17) is 5.73 Å². The van der Waals surface area contributed by atoms with Crippen LogP contribution in [0.2, 0.25) is 0 Å². The smallest absolute Gasteiger partial charge is 0.165 e. The predicted molar refractivity (Wildman–Crippen MR) is 48.6 cm³/mol. The van der Waals surface area contributed by atoms with E-state index in [1.165, 1.54) is 6.92 Å². The number of Topliss-reactive ketones (excluding diaryl/α,β-unsaturated/α-hetero) is 1. The van der Waals surface area contributed by atoms with Crippen molar-refractivity contribution in [1.29, 1.82) is 0 Å². The van der Waals surface area contributed by atoms with Gasteiger partial charge in [-0.15, -0.1) is 0 Å². The average Bonchev–Trinajstić information content (AvgIpc) is 1.99. The zero-order valence-corrected chi connectivity index (χ0v) is 7.09. The Morgan fingerprint density at radius 2 is 2.18 bits per heavy atom. The van der Waals surface area contributed by atoms with Crippen LogP contribution in [0, 0.1) is 0 Å². The monoisotopic (exact) mass is 153 g/mol. The third kappa shape index (κ3) is 4.79. The normalized spacial score (nSPS) is 12.2. The molecule has 1 atom stereocenters. The molecule has 0 rings (SSSR count). The maximum Gasteiger partial charge on any atom is 0.165 e. The van der Waals surface area contributed by atoms with Gasteiger partial charge in [0.25, 0.3) is 0 Å². The molecular weight excluding hydrogens is 140 g/mol. The molecule has 2 N–H and O–H groups in total. The van der Waals surface area contributed by atoms with E-state index in [0.29, 0.717) is 20.0 Å². The van der Waals surface area contributed by atoms with Crippen LogP contribution in [0.5, 0.6) is 0 Å². The Morgan fingerprint density at radius 3 is 2.55 bits per heavy atom. The molecule has 0 aliphatic heterocycles. The third-order valence-electron chi connectivity index (χ3n) is 1.65. The van der Waals surface area contributed by atoms with Crippen LogP contribution in [0.3, 0.4) is 0 Å². The number of carbonyl (C=O) groups excluding carboxylic acids is 2. The fourth-order valence-electron chi connectivity index (χ4n) is 0.697. The van der Waals surface area contributed by atoms with E-state index >= 15 is 0 Å². The molecule has 0 saturated heterocycles. The summed E-state index contributed by atoms with van der Waals surface area (Å²) in [6, 6.07) is -0.453. The summed E-state index contributed by atoms with van der Waals surface area (Å²) < 4.78 is 0. The van der Waals surface area contributed by atoms with Crippen LogP contribution in [-0.4, -0.2) is 32.4 Å². The standard InChI is InChI=1S/C6H13B2NO2/c1-4(10)5(9)2-3-6(11)8-7/h5,8H,2-3,7,9H2,1H3. The van der Waals surface area contributed by atoms with Gasteiger partial charge in [-0.3, -0.25) is 4.79 Å². The van der Waals surface area contributed by atoms with Crippen molar-refractivity contribution in [2.24, 2.45) is 5.73 Å². The number of rotatable bonds is 5. The molecule has 0 aromatic heterocycles. The summed E-state index contributed by atoms with van der Waals surface area (Å²) >= 11 is 0. The summed E-state index contributed by atoms with van der Waals surface area (Å²) in [7, 11) is 2.34. The van der Waals surface area contributed by atoms with Crippen LogP contribution in [-0.2, 0) is 9.59 Å². The van der Waals surface area contributed by atoms with Gasteiger partial charge < -0.3 is 10.5 Å². The fraction of sp³-hybridized carbons (Fsp3) is 0.667. The summed E-state index contributed by atoms with van der Waals surface area (Å²) in [4.78, 5) is 21.4. The average molecular weight is 153 g/mol. The van der Waals surface area contributed by atoms with Gasteiger partial charge in [0.2, 0.25) is 0 Å². The van der Waals surface area contributed by atoms with E-state index in [1.807, 2.05) is 7.74 Å². The second kappa shape index (κ2) is 5.13. The van der Waals surface area contributed by atoms with Crippen LogP contribution >= 0.6 is 0 Å². The molecule has 0 spiro atoms. The first-order valence-electron chi connectivity index (χ1n) is 3.85. The van der Waals surface area contributed by atoms with Gasteiger partial charge in [0.15, 0.2) is 7.17 Å². The van der Waals surface area contributed by atoms with Gasteiger partial charge >= 0.3 is 0 Å². The SMILES string of the molecule is BBC(=O)CCC(N)C(C)=O. The van der Waals surface area contributed by atoms with Gasteiger partial charge in [0, 0.05) is 0 Å². The quantitative estimate of drug-likeness (QED) is 0.473. The summed E-state index contributed by atoms with van der Waals surface area (Å²) in [5.74, 6) is -0.0473. The molecule has 0 aliphatic carbocycles. The van der Waals surface area contributed by atoms with Crippen molar-refractivity contribution in [3.63, 3.8) is 0 Å². The number of nitrogens with two attached hydrogens (primary N) is 1. The molecule has 0 bridgehead atoms. The van der Waals surface area contributed by atoms with Crippen LogP contribution in [0.4, 0.5) is 0 Å². The minimum atomic E-state index is -0.453. The Labute approximate surface area is 68.3 Å². The van der Waals surface area contributed by atoms with Gasteiger partial charge in [-0.05, 0) is 19.8 Å². The lowest BCUT2D eigenvalue weighted by Gasteiger charge is -2.04. The Balaban J connectivity index is 3.54. The summed E-state index contributed by atoms with van der Waals surface area (Å²) in [6.07, 6.45) is 0.916. The number of carbonyl (C=O) groups is 2. The topological polar surface area (TPSA) is 60.2 Å². The first-order chi connectivity index (χ1) is 5.07. The first kappa shape index (κ1) is 10.4. The van der Waals surface area contributed by atoms with E-state index in [2.05, 4.69) is 0 Å². The van der Waals surface area contributed by atoms with Gasteiger partial charge in [0.1, 0.15) is 5.78 Å². The van der Waals surface area contributed by atoms with Crippen molar-refractivity contribution in [1.82, 2.24) is 0 Å². The Morgan fingerprint density at radius 1 is 1.64 bits per heavy atom. The van der Waals surface area contributed by atoms with Gasteiger partial charge in [-0.1, -0.05) is 0 Å². The van der Waals surface area contributed by atoms with Crippen LogP contribution in [0.15, 0.2) is 0 Å². The zero-order chi connectivity index (χ0) is 8.85. The second-order valence-electron chi connectivity index (χ2n) is 2.65. The zero-order valence-electron chi connectivity index (χ0n) is 7.09. The molecular formula is C6H13B2NO2. The van der Waals surface area contributed by atoms with Crippen LogP contribution in [0.1, 0.15) is 19.8 Å². The molecule has 3 nitrogen and oxygen atoms in total. The van der Waals surface area contributed by atoms with E-state index in [9.17, 15) is 9.59 Å². The largest absolute Gasteiger partial charge is 0.322 e. The van der Waals surface area contributed by atoms with E-state index in [0.717, 1.165) is 0 Å². The first-order valence-corrected chi connectivity index (χ1v) is 3.85.